The maximum Gasteiger partial charge on any atom is 0.251 e. The summed E-state index contributed by atoms with van der Waals surface area (Å²) in [7, 11) is 0. The van der Waals surface area contributed by atoms with Crippen molar-refractivity contribution in [2.24, 2.45) is 11.3 Å². The Hall–Kier alpha value is -0.610. The number of amides is 1. The van der Waals surface area contributed by atoms with Crippen LogP contribution < -0.4 is 10.8 Å². The molecule has 0 aromatic carbocycles. The molecule has 0 spiro atoms. The second-order valence-corrected chi connectivity index (χ2v) is 4.10. The van der Waals surface area contributed by atoms with E-state index < -0.39 is 0 Å². The van der Waals surface area contributed by atoms with Gasteiger partial charge in [-0.2, -0.15) is 0 Å². The van der Waals surface area contributed by atoms with Crippen LogP contribution in [0.5, 0.6) is 0 Å². The van der Waals surface area contributed by atoms with Crippen molar-refractivity contribution >= 4 is 5.91 Å². The normalized spacial score (nSPS) is 26.9. The number of nitrogens with one attached hydrogen (secondary N) is 2. The first kappa shape index (κ1) is 11.5. The Morgan fingerprint density at radius 2 is 2.36 bits per heavy atom. The molecule has 0 radical (unpaired) electrons. The highest BCUT2D eigenvalue weighted by atomic mass is 16.6. The van der Waals surface area contributed by atoms with Crippen LogP contribution in [0.15, 0.2) is 0 Å². The first-order chi connectivity index (χ1) is 6.63. The molecule has 1 aliphatic rings. The zero-order chi connectivity index (χ0) is 10.6. The van der Waals surface area contributed by atoms with Crippen LogP contribution >= 0.6 is 0 Å². The summed E-state index contributed by atoms with van der Waals surface area (Å²) in [4.78, 5) is 16.8. The maximum absolute atomic E-state index is 11.9. The smallest absolute Gasteiger partial charge is 0.251 e. The Balaban J connectivity index is 2.62. The van der Waals surface area contributed by atoms with E-state index in [-0.39, 0.29) is 11.3 Å². The average Bonchev–Trinajstić information content (AvgIpc) is 2.63. The highest BCUT2D eigenvalue weighted by molar-refractivity contribution is 5.82. The monoisotopic (exact) mass is 200 g/mol. The summed E-state index contributed by atoms with van der Waals surface area (Å²) in [6, 6.07) is 0. The van der Waals surface area contributed by atoms with Crippen molar-refractivity contribution < 1.29 is 9.63 Å². The molecular weight excluding hydrogens is 180 g/mol. The van der Waals surface area contributed by atoms with Crippen LogP contribution in [0.1, 0.15) is 27.2 Å². The van der Waals surface area contributed by atoms with E-state index in [9.17, 15) is 4.79 Å². The van der Waals surface area contributed by atoms with Crippen molar-refractivity contribution in [1.29, 1.82) is 0 Å². The first-order valence-corrected chi connectivity index (χ1v) is 5.26. The minimum absolute atomic E-state index is 0.0133. The number of hydrogen-bond donors (Lipinski definition) is 2. The van der Waals surface area contributed by atoms with Crippen LogP contribution in [-0.2, 0) is 9.63 Å². The molecule has 1 unspecified atom stereocenters. The lowest BCUT2D eigenvalue weighted by Gasteiger charge is -2.30. The summed E-state index contributed by atoms with van der Waals surface area (Å²) in [5.74, 6) is 0.345. The van der Waals surface area contributed by atoms with Crippen LogP contribution in [0, 0.1) is 11.3 Å². The van der Waals surface area contributed by atoms with E-state index in [1.54, 1.807) is 0 Å². The first-order valence-electron chi connectivity index (χ1n) is 5.26. The molecule has 82 valence electrons. The molecule has 0 aromatic rings. The van der Waals surface area contributed by atoms with Gasteiger partial charge in [-0.3, -0.25) is 9.63 Å². The van der Waals surface area contributed by atoms with Gasteiger partial charge < -0.3 is 5.32 Å². The molecule has 1 heterocycles. The fourth-order valence-corrected chi connectivity index (χ4v) is 1.90. The number of rotatable bonds is 4. The van der Waals surface area contributed by atoms with E-state index in [4.69, 9.17) is 4.84 Å². The van der Waals surface area contributed by atoms with E-state index in [2.05, 4.69) is 24.6 Å². The lowest BCUT2D eigenvalue weighted by molar-refractivity contribution is -0.145. The summed E-state index contributed by atoms with van der Waals surface area (Å²) in [6.07, 6.45) is 0.892. The molecule has 0 saturated carbocycles. The largest absolute Gasteiger partial charge is 0.316 e. The van der Waals surface area contributed by atoms with E-state index in [0.717, 1.165) is 19.5 Å². The summed E-state index contributed by atoms with van der Waals surface area (Å²) >= 11 is 0. The number of carbonyl (C=O) groups is 1. The number of hydroxylamine groups is 1. The second kappa shape index (κ2) is 4.75. The van der Waals surface area contributed by atoms with Crippen LogP contribution in [0.4, 0.5) is 0 Å². The van der Waals surface area contributed by atoms with E-state index in [0.29, 0.717) is 12.5 Å². The van der Waals surface area contributed by atoms with Gasteiger partial charge >= 0.3 is 0 Å². The van der Waals surface area contributed by atoms with Crippen LogP contribution in [0.25, 0.3) is 0 Å². The number of carbonyl (C=O) groups excluding carboxylic acids is 1. The molecule has 1 rings (SSSR count). The van der Waals surface area contributed by atoms with Gasteiger partial charge in [-0.05, 0) is 25.8 Å². The Labute approximate surface area is 85.3 Å². The highest BCUT2D eigenvalue weighted by Crippen LogP contribution is 2.34. The highest BCUT2D eigenvalue weighted by Gasteiger charge is 2.43. The summed E-state index contributed by atoms with van der Waals surface area (Å²) < 4.78 is 0. The SMILES string of the molecule is CCONC(=O)C1(C(C)C)CCNC1. The summed E-state index contributed by atoms with van der Waals surface area (Å²) in [5, 5.41) is 3.24. The molecule has 4 heteroatoms. The molecule has 1 amide bonds. The third kappa shape index (κ3) is 2.07. The van der Waals surface area contributed by atoms with Gasteiger partial charge in [-0.15, -0.1) is 0 Å². The van der Waals surface area contributed by atoms with Gasteiger partial charge in [-0.25, -0.2) is 5.48 Å². The summed E-state index contributed by atoms with van der Waals surface area (Å²) in [5.41, 5.74) is 2.23. The topological polar surface area (TPSA) is 50.4 Å². The van der Waals surface area contributed by atoms with Gasteiger partial charge in [0.2, 0.25) is 0 Å². The lowest BCUT2D eigenvalue weighted by Crippen LogP contribution is -2.46. The Bertz CT molecular complexity index is 198. The average molecular weight is 200 g/mol. The molecule has 0 bridgehead atoms. The molecule has 2 N–H and O–H groups in total. The van der Waals surface area contributed by atoms with Gasteiger partial charge in [0.15, 0.2) is 0 Å². The molecule has 14 heavy (non-hydrogen) atoms. The predicted octanol–water partition coefficient (Wildman–Crippen LogP) is 0.690. The van der Waals surface area contributed by atoms with Crippen molar-refractivity contribution in [2.75, 3.05) is 19.7 Å². The summed E-state index contributed by atoms with van der Waals surface area (Å²) in [6.45, 7) is 8.20. The van der Waals surface area contributed by atoms with E-state index in [1.165, 1.54) is 0 Å². The molecular formula is C10H20N2O2. The van der Waals surface area contributed by atoms with E-state index in [1.807, 2.05) is 6.92 Å². The van der Waals surface area contributed by atoms with Crippen molar-refractivity contribution in [2.45, 2.75) is 27.2 Å². The molecule has 1 atom stereocenters. The Kier molecular flexibility index (Phi) is 3.89. The lowest BCUT2D eigenvalue weighted by atomic mass is 9.76. The molecule has 1 fully saturated rings. The van der Waals surface area contributed by atoms with Crippen molar-refractivity contribution in [1.82, 2.24) is 10.8 Å². The molecule has 1 aliphatic heterocycles. The zero-order valence-electron chi connectivity index (χ0n) is 9.22. The molecule has 4 nitrogen and oxygen atoms in total. The fourth-order valence-electron chi connectivity index (χ4n) is 1.90. The molecule has 1 saturated heterocycles. The van der Waals surface area contributed by atoms with Gasteiger partial charge in [0, 0.05) is 6.54 Å². The van der Waals surface area contributed by atoms with Crippen LogP contribution in [0.3, 0.4) is 0 Å². The minimum atomic E-state index is -0.283. The molecule has 0 aromatic heterocycles. The minimum Gasteiger partial charge on any atom is -0.316 e. The Morgan fingerprint density at radius 1 is 1.64 bits per heavy atom. The predicted molar refractivity (Wildman–Crippen MR) is 54.5 cm³/mol. The number of hydrogen-bond acceptors (Lipinski definition) is 3. The van der Waals surface area contributed by atoms with Crippen molar-refractivity contribution in [3.05, 3.63) is 0 Å². The van der Waals surface area contributed by atoms with Gasteiger partial charge in [0.1, 0.15) is 0 Å². The van der Waals surface area contributed by atoms with Gasteiger partial charge in [-0.1, -0.05) is 13.8 Å². The quantitative estimate of drug-likeness (QED) is 0.656. The standard InChI is InChI=1S/C10H20N2O2/c1-4-14-12-9(13)10(8(2)3)5-6-11-7-10/h8,11H,4-7H2,1-3H3,(H,12,13). The van der Waals surface area contributed by atoms with Gasteiger partial charge in [0.05, 0.1) is 12.0 Å². The second-order valence-electron chi connectivity index (χ2n) is 4.10. The maximum atomic E-state index is 11.9. The van der Waals surface area contributed by atoms with Crippen molar-refractivity contribution in [3.63, 3.8) is 0 Å². The van der Waals surface area contributed by atoms with Crippen LogP contribution in [0.2, 0.25) is 0 Å². The Morgan fingerprint density at radius 3 is 2.79 bits per heavy atom. The van der Waals surface area contributed by atoms with E-state index >= 15 is 0 Å². The fraction of sp³-hybridized carbons (Fsp3) is 0.900. The third-order valence-corrected chi connectivity index (χ3v) is 3.05. The van der Waals surface area contributed by atoms with Gasteiger partial charge in [0.25, 0.3) is 5.91 Å². The third-order valence-electron chi connectivity index (χ3n) is 3.05. The molecule has 0 aliphatic carbocycles. The van der Waals surface area contributed by atoms with Crippen LogP contribution in [-0.4, -0.2) is 25.6 Å². The van der Waals surface area contributed by atoms with Crippen molar-refractivity contribution in [3.8, 4) is 0 Å². The zero-order valence-corrected chi connectivity index (χ0v) is 9.22.